The van der Waals surface area contributed by atoms with Gasteiger partial charge in [0.05, 0.1) is 12.7 Å². The second-order valence-electron chi connectivity index (χ2n) is 6.35. The van der Waals surface area contributed by atoms with Gasteiger partial charge in [-0.05, 0) is 31.5 Å². The van der Waals surface area contributed by atoms with E-state index in [4.69, 9.17) is 8.92 Å². The topological polar surface area (TPSA) is 113 Å². The zero-order valence-electron chi connectivity index (χ0n) is 16.1. The Kier molecular flexibility index (Phi) is 8.07. The molecule has 0 aliphatic rings. The first-order valence-electron chi connectivity index (χ1n) is 8.86. The van der Waals surface area contributed by atoms with E-state index >= 15 is 0 Å². The highest BCUT2D eigenvalue weighted by atomic mass is 32.2. The van der Waals surface area contributed by atoms with E-state index in [2.05, 4.69) is 0 Å². The zero-order valence-corrected chi connectivity index (χ0v) is 17.9. The molecule has 156 valence electrons. The van der Waals surface area contributed by atoms with Gasteiger partial charge in [0.15, 0.2) is 0 Å². The predicted molar refractivity (Wildman–Crippen MR) is 109 cm³/mol. The quantitative estimate of drug-likeness (QED) is 0.447. The molecule has 0 fully saturated rings. The fourth-order valence-electron chi connectivity index (χ4n) is 2.65. The minimum Gasteiger partial charge on any atom is -0.629 e. The molecule has 0 amide bonds. The van der Waals surface area contributed by atoms with E-state index < -0.39 is 35.8 Å². The van der Waals surface area contributed by atoms with Crippen LogP contribution >= 0.6 is 7.77 Å². The first-order valence-corrected chi connectivity index (χ1v) is 11.8. The van der Waals surface area contributed by atoms with Crippen LogP contribution in [0.15, 0.2) is 59.5 Å². The standard InChI is InChI=1S/C20H23O7PS/c1-3-26-20(19(21)22,13-17-7-5-4-6-8-17)14-28(23)15-27-29(24,25)18-11-9-16(2)10-12-18/h4-12,14H,3,13,15H2,1-2H3,(H,21,22). The fourth-order valence-corrected chi connectivity index (χ4v) is 5.04. The van der Waals surface area contributed by atoms with Crippen molar-refractivity contribution in [3.8, 4) is 0 Å². The van der Waals surface area contributed by atoms with E-state index in [0.717, 1.165) is 11.4 Å². The molecule has 1 N–H and O–H groups in total. The number of carboxylic acids is 1. The molecule has 0 saturated carbocycles. The Bertz CT molecular complexity index is 956. The number of hydrogen-bond donors (Lipinski definition) is 1. The lowest BCUT2D eigenvalue weighted by Gasteiger charge is -2.24. The molecule has 0 bridgehead atoms. The summed E-state index contributed by atoms with van der Waals surface area (Å²) in [5.41, 5.74) is -0.302. The SMILES string of the molecule is CCOC(C=[P+]([O-])COS(=O)(=O)c1ccc(C)cc1)(Cc1ccccc1)C(=O)O. The van der Waals surface area contributed by atoms with Crippen LogP contribution in [0, 0.1) is 6.92 Å². The van der Waals surface area contributed by atoms with E-state index in [9.17, 15) is 23.2 Å². The summed E-state index contributed by atoms with van der Waals surface area (Å²) >= 11 is 0. The monoisotopic (exact) mass is 438 g/mol. The van der Waals surface area contributed by atoms with Gasteiger partial charge in [0.25, 0.3) is 0 Å². The van der Waals surface area contributed by atoms with Crippen molar-refractivity contribution in [3.63, 3.8) is 0 Å². The molecule has 0 aliphatic heterocycles. The van der Waals surface area contributed by atoms with E-state index in [1.54, 1.807) is 49.4 Å². The first-order chi connectivity index (χ1) is 13.7. The van der Waals surface area contributed by atoms with E-state index in [-0.39, 0.29) is 17.9 Å². The largest absolute Gasteiger partial charge is 0.629 e. The minimum atomic E-state index is -4.11. The summed E-state index contributed by atoms with van der Waals surface area (Å²) in [6, 6.07) is 14.8. The van der Waals surface area contributed by atoms with Crippen molar-refractivity contribution in [3.05, 3.63) is 65.7 Å². The highest BCUT2D eigenvalue weighted by Crippen LogP contribution is 2.25. The average molecular weight is 438 g/mol. The van der Waals surface area contributed by atoms with Gasteiger partial charge in [-0.25, -0.2) is 8.98 Å². The average Bonchev–Trinajstić information content (AvgIpc) is 2.67. The molecule has 2 atom stereocenters. The maximum Gasteiger partial charge on any atom is 0.344 e. The van der Waals surface area contributed by atoms with Crippen LogP contribution in [0.5, 0.6) is 0 Å². The second-order valence-corrected chi connectivity index (χ2v) is 9.32. The van der Waals surface area contributed by atoms with Crippen molar-refractivity contribution in [1.82, 2.24) is 0 Å². The molecule has 0 radical (unpaired) electrons. The highest BCUT2D eigenvalue weighted by molar-refractivity contribution is 7.87. The van der Waals surface area contributed by atoms with Crippen molar-refractivity contribution in [2.24, 2.45) is 0 Å². The molecule has 0 aromatic heterocycles. The summed E-state index contributed by atoms with van der Waals surface area (Å²) in [6.45, 7) is 3.51. The normalized spacial score (nSPS) is 14.4. The van der Waals surface area contributed by atoms with Crippen LogP contribution in [0.25, 0.3) is 0 Å². The molecule has 0 saturated heterocycles. The van der Waals surface area contributed by atoms with E-state index in [1.165, 1.54) is 12.1 Å². The number of benzene rings is 2. The summed E-state index contributed by atoms with van der Waals surface area (Å²) in [5.74, 6) is -0.292. The number of carbonyl (C=O) groups is 1. The van der Waals surface area contributed by atoms with Crippen LogP contribution in [0.4, 0.5) is 0 Å². The summed E-state index contributed by atoms with van der Waals surface area (Å²) in [5, 5.41) is 9.75. The van der Waals surface area contributed by atoms with Gasteiger partial charge >= 0.3 is 16.1 Å². The minimum absolute atomic E-state index is 0.0528. The fraction of sp³-hybridized carbons (Fsp3) is 0.300. The smallest absolute Gasteiger partial charge is 0.344 e. The Labute approximate surface area is 171 Å². The molecule has 7 nitrogen and oxygen atoms in total. The number of ether oxygens (including phenoxy) is 1. The Morgan fingerprint density at radius 1 is 1.17 bits per heavy atom. The Morgan fingerprint density at radius 3 is 2.34 bits per heavy atom. The van der Waals surface area contributed by atoms with Crippen LogP contribution in [-0.2, 0) is 30.3 Å². The van der Waals surface area contributed by atoms with Gasteiger partial charge in [-0.1, -0.05) is 48.0 Å². The van der Waals surface area contributed by atoms with Crippen molar-refractivity contribution >= 4 is 29.7 Å². The third-order valence-corrected chi connectivity index (χ3v) is 6.61. The lowest BCUT2D eigenvalue weighted by molar-refractivity contribution is -0.160. The molecule has 2 aromatic rings. The van der Waals surface area contributed by atoms with Crippen molar-refractivity contribution in [2.45, 2.75) is 30.8 Å². The van der Waals surface area contributed by atoms with Crippen LogP contribution in [0.3, 0.4) is 0 Å². The molecule has 0 aliphatic carbocycles. The molecular weight excluding hydrogens is 415 g/mol. The van der Waals surface area contributed by atoms with Gasteiger partial charge in [-0.15, -0.1) is 0 Å². The molecule has 9 heteroatoms. The molecule has 2 aromatic carbocycles. The first kappa shape index (κ1) is 23.2. The third kappa shape index (κ3) is 6.45. The van der Waals surface area contributed by atoms with E-state index in [1.807, 2.05) is 6.92 Å². The van der Waals surface area contributed by atoms with Gasteiger partial charge in [-0.2, -0.15) is 8.42 Å². The third-order valence-electron chi connectivity index (χ3n) is 4.07. The highest BCUT2D eigenvalue weighted by Gasteiger charge is 2.41. The lowest BCUT2D eigenvalue weighted by Crippen LogP contribution is -2.46. The Morgan fingerprint density at radius 2 is 1.79 bits per heavy atom. The van der Waals surface area contributed by atoms with Gasteiger partial charge < -0.3 is 14.7 Å². The summed E-state index contributed by atoms with van der Waals surface area (Å²) in [7, 11) is -6.56. The Balaban J connectivity index is 2.23. The lowest BCUT2D eigenvalue weighted by atomic mass is 9.96. The maximum atomic E-state index is 12.5. The van der Waals surface area contributed by atoms with Gasteiger partial charge in [0, 0.05) is 13.0 Å². The van der Waals surface area contributed by atoms with Crippen molar-refractivity contribution < 1.29 is 32.1 Å². The number of aryl methyl sites for hydroxylation is 1. The summed E-state index contributed by atoms with van der Waals surface area (Å²) < 4.78 is 34.8. The van der Waals surface area contributed by atoms with Crippen molar-refractivity contribution in [1.29, 1.82) is 0 Å². The van der Waals surface area contributed by atoms with Crippen LogP contribution in [0.2, 0.25) is 0 Å². The molecule has 0 spiro atoms. The maximum absolute atomic E-state index is 12.5. The molecule has 29 heavy (non-hydrogen) atoms. The predicted octanol–water partition coefficient (Wildman–Crippen LogP) is 2.32. The van der Waals surface area contributed by atoms with Gasteiger partial charge in [0.1, 0.15) is 5.80 Å². The molecular formula is C20H23O7PS. The van der Waals surface area contributed by atoms with Crippen LogP contribution in [-0.4, -0.2) is 43.8 Å². The van der Waals surface area contributed by atoms with Crippen LogP contribution < -0.4 is 4.89 Å². The van der Waals surface area contributed by atoms with Crippen LogP contribution in [0.1, 0.15) is 18.1 Å². The second kappa shape index (κ2) is 10.1. The summed E-state index contributed by atoms with van der Waals surface area (Å²) in [6.07, 6.45) is -0.731. The molecule has 2 unspecified atom stereocenters. The summed E-state index contributed by atoms with van der Waals surface area (Å²) in [4.78, 5) is 24.4. The number of aliphatic carboxylic acids is 1. The van der Waals surface area contributed by atoms with E-state index in [0.29, 0.717) is 5.56 Å². The number of rotatable bonds is 10. The van der Waals surface area contributed by atoms with Gasteiger partial charge in [-0.3, -0.25) is 0 Å². The van der Waals surface area contributed by atoms with Crippen molar-refractivity contribution in [2.75, 3.05) is 13.0 Å². The zero-order chi connectivity index (χ0) is 21.5. The number of hydrogen-bond acceptors (Lipinski definition) is 6. The van der Waals surface area contributed by atoms with Gasteiger partial charge in [0.2, 0.25) is 11.9 Å². The molecule has 2 rings (SSSR count). The molecule has 0 heterocycles. The number of carboxylic acid groups (broad SMARTS) is 1. The Hall–Kier alpha value is -2.09.